The summed E-state index contributed by atoms with van der Waals surface area (Å²) in [6.45, 7) is 1.63. The number of fused-ring (bicyclic) bond motifs is 4. The van der Waals surface area contributed by atoms with Gasteiger partial charge in [0, 0.05) is 59.8 Å². The van der Waals surface area contributed by atoms with Gasteiger partial charge in [0.15, 0.2) is 0 Å². The van der Waals surface area contributed by atoms with Crippen LogP contribution in [0.5, 0.6) is 5.75 Å². The minimum atomic E-state index is -0.508. The molecule has 3 aliphatic rings. The first-order chi connectivity index (χ1) is 18.0. The highest BCUT2D eigenvalue weighted by Gasteiger charge is 2.49. The number of ether oxygens (including phenoxy) is 1. The lowest BCUT2D eigenvalue weighted by atomic mass is 9.68. The standard InChI is InChI=1S/C29H34N4O4/c1-37-20-9-10-21-23(16-20)31-26-24(17-34)33(28(36)22-8-4-5-13-30-22)18-29(25(21)26)11-14-32(15-12-29)27(35)19-6-2-3-7-19/h4-5,8-10,13,16,19,24,31,34H,2-3,6-7,11-12,14-15,17-18H2,1H3/t24-/m0/s1. The first-order valence-corrected chi connectivity index (χ1v) is 13.4. The Balaban J connectivity index is 1.41. The van der Waals surface area contributed by atoms with E-state index >= 15 is 0 Å². The zero-order valence-electron chi connectivity index (χ0n) is 21.3. The highest BCUT2D eigenvalue weighted by molar-refractivity contribution is 5.94. The molecule has 2 amide bonds. The van der Waals surface area contributed by atoms with Crippen molar-refractivity contribution in [2.24, 2.45) is 5.92 Å². The van der Waals surface area contributed by atoms with Crippen LogP contribution in [0.2, 0.25) is 0 Å². The van der Waals surface area contributed by atoms with Crippen LogP contribution >= 0.6 is 0 Å². The summed E-state index contributed by atoms with van der Waals surface area (Å²) in [4.78, 5) is 38.6. The molecule has 1 saturated heterocycles. The van der Waals surface area contributed by atoms with Crippen molar-refractivity contribution < 1.29 is 19.4 Å². The van der Waals surface area contributed by atoms with Crippen molar-refractivity contribution >= 4 is 22.7 Å². The summed E-state index contributed by atoms with van der Waals surface area (Å²) in [5.74, 6) is 1.02. The molecular weight excluding hydrogens is 468 g/mol. The second-order valence-electron chi connectivity index (χ2n) is 10.8. The quantitative estimate of drug-likeness (QED) is 0.565. The molecule has 8 heteroatoms. The first kappa shape index (κ1) is 24.0. The van der Waals surface area contributed by atoms with E-state index in [1.165, 1.54) is 5.56 Å². The molecule has 1 spiro atoms. The predicted molar refractivity (Wildman–Crippen MR) is 139 cm³/mol. The number of piperidine rings is 1. The van der Waals surface area contributed by atoms with E-state index in [9.17, 15) is 14.7 Å². The van der Waals surface area contributed by atoms with Crippen LogP contribution in [-0.2, 0) is 10.2 Å². The normalized spacial score (nSPS) is 21.4. The Labute approximate surface area is 216 Å². The zero-order valence-corrected chi connectivity index (χ0v) is 21.3. The Kier molecular flexibility index (Phi) is 6.15. The third-order valence-corrected chi connectivity index (χ3v) is 8.80. The first-order valence-electron chi connectivity index (χ1n) is 13.4. The number of rotatable bonds is 4. The van der Waals surface area contributed by atoms with E-state index in [0.717, 1.165) is 60.9 Å². The summed E-state index contributed by atoms with van der Waals surface area (Å²) in [5.41, 5.74) is 3.01. The van der Waals surface area contributed by atoms with Gasteiger partial charge in [-0.15, -0.1) is 0 Å². The van der Waals surface area contributed by atoms with Crippen molar-refractivity contribution in [3.63, 3.8) is 0 Å². The van der Waals surface area contributed by atoms with E-state index in [-0.39, 0.29) is 23.8 Å². The number of benzene rings is 1. The van der Waals surface area contributed by atoms with Gasteiger partial charge >= 0.3 is 0 Å². The monoisotopic (exact) mass is 502 g/mol. The number of carbonyl (C=O) groups is 2. The number of methoxy groups -OCH3 is 1. The number of hydrogen-bond acceptors (Lipinski definition) is 5. The average Bonchev–Trinajstić information content (AvgIpc) is 3.62. The lowest BCUT2D eigenvalue weighted by Crippen LogP contribution is -2.56. The van der Waals surface area contributed by atoms with Crippen molar-refractivity contribution in [1.29, 1.82) is 0 Å². The molecule has 1 aromatic carbocycles. The number of aliphatic hydroxyl groups excluding tert-OH is 1. The molecule has 8 nitrogen and oxygen atoms in total. The summed E-state index contributed by atoms with van der Waals surface area (Å²) >= 11 is 0. The molecular formula is C29H34N4O4. The van der Waals surface area contributed by atoms with Crippen molar-refractivity contribution in [3.8, 4) is 5.75 Å². The fraction of sp³-hybridized carbons (Fsp3) is 0.483. The van der Waals surface area contributed by atoms with Gasteiger partial charge in [-0.2, -0.15) is 0 Å². The highest BCUT2D eigenvalue weighted by atomic mass is 16.5. The number of nitrogens with zero attached hydrogens (tertiary/aromatic N) is 3. The second kappa shape index (κ2) is 9.49. The van der Waals surface area contributed by atoms with Crippen LogP contribution < -0.4 is 4.74 Å². The van der Waals surface area contributed by atoms with Crippen molar-refractivity contribution in [2.75, 3.05) is 33.4 Å². The van der Waals surface area contributed by atoms with Crippen molar-refractivity contribution in [2.45, 2.75) is 50.0 Å². The topological polar surface area (TPSA) is 98.8 Å². The summed E-state index contributed by atoms with van der Waals surface area (Å²) in [6.07, 6.45) is 7.43. The Morgan fingerprint density at radius 3 is 2.62 bits per heavy atom. The molecule has 194 valence electrons. The fourth-order valence-corrected chi connectivity index (χ4v) is 6.85. The third kappa shape index (κ3) is 3.98. The van der Waals surface area contributed by atoms with E-state index in [4.69, 9.17) is 4.74 Å². The zero-order chi connectivity index (χ0) is 25.6. The number of aliphatic hydroxyl groups is 1. The van der Waals surface area contributed by atoms with Gasteiger partial charge < -0.3 is 24.6 Å². The van der Waals surface area contributed by atoms with E-state index in [0.29, 0.717) is 31.2 Å². The average molecular weight is 503 g/mol. The van der Waals surface area contributed by atoms with E-state index in [1.54, 1.807) is 30.3 Å². The van der Waals surface area contributed by atoms with Gasteiger partial charge in [0.25, 0.3) is 5.91 Å². The predicted octanol–water partition coefficient (Wildman–Crippen LogP) is 3.81. The Morgan fingerprint density at radius 2 is 1.95 bits per heavy atom. The lowest BCUT2D eigenvalue weighted by Gasteiger charge is -2.50. The number of H-pyrrole nitrogens is 1. The molecule has 1 aliphatic carbocycles. The number of aromatic amines is 1. The van der Waals surface area contributed by atoms with Crippen LogP contribution in [-0.4, -0.2) is 70.0 Å². The number of aromatic nitrogens is 2. The Morgan fingerprint density at radius 1 is 1.16 bits per heavy atom. The Bertz CT molecular complexity index is 1310. The fourth-order valence-electron chi connectivity index (χ4n) is 6.85. The third-order valence-electron chi connectivity index (χ3n) is 8.80. The summed E-state index contributed by atoms with van der Waals surface area (Å²) in [5, 5.41) is 11.6. The molecule has 0 bridgehead atoms. The van der Waals surface area contributed by atoms with Crippen LogP contribution in [0, 0.1) is 5.92 Å². The molecule has 0 unspecified atom stereocenters. The molecule has 2 aliphatic heterocycles. The van der Waals surface area contributed by atoms with Crippen molar-refractivity contribution in [1.82, 2.24) is 19.8 Å². The molecule has 1 saturated carbocycles. The van der Waals surface area contributed by atoms with Crippen molar-refractivity contribution in [3.05, 3.63) is 59.5 Å². The van der Waals surface area contributed by atoms with Crippen LogP contribution in [0.4, 0.5) is 0 Å². The van der Waals surface area contributed by atoms with Gasteiger partial charge in [0.2, 0.25) is 5.91 Å². The number of carbonyl (C=O) groups excluding carboxylic acids is 2. The molecule has 2 N–H and O–H groups in total. The van der Waals surface area contributed by atoms with Gasteiger partial charge in [0.1, 0.15) is 11.4 Å². The van der Waals surface area contributed by atoms with Crippen LogP contribution in [0.25, 0.3) is 10.9 Å². The highest BCUT2D eigenvalue weighted by Crippen LogP contribution is 2.49. The maximum atomic E-state index is 13.7. The number of nitrogens with one attached hydrogen (secondary N) is 1. The van der Waals surface area contributed by atoms with Gasteiger partial charge in [-0.1, -0.05) is 18.9 Å². The smallest absolute Gasteiger partial charge is 0.273 e. The molecule has 6 rings (SSSR count). The molecule has 2 fully saturated rings. The summed E-state index contributed by atoms with van der Waals surface area (Å²) in [7, 11) is 1.65. The minimum Gasteiger partial charge on any atom is -0.497 e. The van der Waals surface area contributed by atoms with E-state index in [1.807, 2.05) is 23.1 Å². The largest absolute Gasteiger partial charge is 0.497 e. The number of amides is 2. The van der Waals surface area contributed by atoms with E-state index in [2.05, 4.69) is 16.0 Å². The van der Waals surface area contributed by atoms with Gasteiger partial charge in [-0.25, -0.2) is 0 Å². The van der Waals surface area contributed by atoms with Gasteiger partial charge in [-0.3, -0.25) is 14.6 Å². The SMILES string of the molecule is COc1ccc2c3c([nH]c2c1)[C@H](CO)N(C(=O)c1ccccn1)CC31CCN(C(=O)C2CCCC2)CC1. The van der Waals surface area contributed by atoms with Crippen LogP contribution in [0.1, 0.15) is 66.3 Å². The number of likely N-dealkylation sites (tertiary alicyclic amines) is 1. The molecule has 4 heterocycles. The second-order valence-corrected chi connectivity index (χ2v) is 10.8. The number of pyridine rings is 1. The molecule has 37 heavy (non-hydrogen) atoms. The lowest BCUT2D eigenvalue weighted by molar-refractivity contribution is -0.137. The molecule has 3 aromatic rings. The van der Waals surface area contributed by atoms with Gasteiger partial charge in [0.05, 0.1) is 19.8 Å². The maximum absolute atomic E-state index is 13.7. The molecule has 1 atom stereocenters. The Hall–Kier alpha value is -3.39. The maximum Gasteiger partial charge on any atom is 0.273 e. The van der Waals surface area contributed by atoms with Crippen LogP contribution in [0.15, 0.2) is 42.6 Å². The van der Waals surface area contributed by atoms with E-state index < -0.39 is 6.04 Å². The molecule has 2 aromatic heterocycles. The van der Waals surface area contributed by atoms with Gasteiger partial charge in [-0.05, 0) is 55.5 Å². The summed E-state index contributed by atoms with van der Waals surface area (Å²) in [6, 6.07) is 10.8. The molecule has 0 radical (unpaired) electrons. The minimum absolute atomic E-state index is 0.164. The van der Waals surface area contributed by atoms with Crippen LogP contribution in [0.3, 0.4) is 0 Å². The number of hydrogen-bond donors (Lipinski definition) is 2. The summed E-state index contributed by atoms with van der Waals surface area (Å²) < 4.78 is 5.46.